The van der Waals surface area contributed by atoms with Crippen LogP contribution in [0.15, 0.2) is 12.7 Å². The molecule has 92 valence electrons. The molecule has 0 aliphatic heterocycles. The highest BCUT2D eigenvalue weighted by atomic mass is 16.5. The fourth-order valence-electron chi connectivity index (χ4n) is 1.48. The van der Waals surface area contributed by atoms with E-state index >= 15 is 0 Å². The second-order valence-corrected chi connectivity index (χ2v) is 3.87. The third kappa shape index (κ3) is 9.44. The molecule has 0 spiro atoms. The Morgan fingerprint density at radius 2 is 1.50 bits per heavy atom. The van der Waals surface area contributed by atoms with Crippen molar-refractivity contribution in [2.75, 3.05) is 7.11 Å². The smallest absolute Gasteiger partial charge is 0.305 e. The fourth-order valence-corrected chi connectivity index (χ4v) is 1.48. The lowest BCUT2D eigenvalue weighted by molar-refractivity contribution is -0.140. The van der Waals surface area contributed by atoms with Crippen LogP contribution in [-0.2, 0) is 14.3 Å². The Kier molecular flexibility index (Phi) is 9.67. The Morgan fingerprint density at radius 1 is 1.00 bits per heavy atom. The molecule has 0 radical (unpaired) electrons. The van der Waals surface area contributed by atoms with E-state index in [1.807, 2.05) is 0 Å². The summed E-state index contributed by atoms with van der Waals surface area (Å²) in [6.45, 7) is 3.43. The molecule has 0 saturated carbocycles. The van der Waals surface area contributed by atoms with Crippen LogP contribution in [0.5, 0.6) is 0 Å². The van der Waals surface area contributed by atoms with E-state index in [0.29, 0.717) is 12.8 Å². The van der Waals surface area contributed by atoms with Gasteiger partial charge in [-0.3, -0.25) is 9.59 Å². The van der Waals surface area contributed by atoms with Crippen LogP contribution in [0.1, 0.15) is 51.4 Å². The second kappa shape index (κ2) is 10.4. The van der Waals surface area contributed by atoms with Crippen molar-refractivity contribution in [2.45, 2.75) is 51.4 Å². The molecule has 0 fully saturated rings. The van der Waals surface area contributed by atoms with Gasteiger partial charge in [0.15, 0.2) is 5.78 Å². The first kappa shape index (κ1) is 14.9. The number of esters is 1. The van der Waals surface area contributed by atoms with Crippen LogP contribution in [-0.4, -0.2) is 18.9 Å². The molecule has 0 aromatic carbocycles. The minimum atomic E-state index is -0.128. The minimum absolute atomic E-state index is 0.128. The summed E-state index contributed by atoms with van der Waals surface area (Å²) < 4.78 is 4.55. The monoisotopic (exact) mass is 226 g/mol. The molecule has 0 atom stereocenters. The molecule has 0 amide bonds. The molecule has 0 unspecified atom stereocenters. The Morgan fingerprint density at radius 3 is 2.00 bits per heavy atom. The zero-order chi connectivity index (χ0) is 12.2. The highest BCUT2D eigenvalue weighted by Gasteiger charge is 1.99. The molecule has 0 N–H and O–H groups in total. The van der Waals surface area contributed by atoms with Gasteiger partial charge in [-0.05, 0) is 18.9 Å². The number of ether oxygens (including phenoxy) is 1. The predicted molar refractivity (Wildman–Crippen MR) is 64.2 cm³/mol. The first-order valence-electron chi connectivity index (χ1n) is 5.92. The number of carbonyl (C=O) groups is 2. The van der Waals surface area contributed by atoms with Crippen molar-refractivity contribution in [1.29, 1.82) is 0 Å². The third-order valence-electron chi connectivity index (χ3n) is 2.51. The van der Waals surface area contributed by atoms with Gasteiger partial charge in [-0.25, -0.2) is 0 Å². The summed E-state index contributed by atoms with van der Waals surface area (Å²) in [5, 5.41) is 0. The van der Waals surface area contributed by atoms with E-state index in [4.69, 9.17) is 0 Å². The lowest BCUT2D eigenvalue weighted by atomic mass is 10.1. The Labute approximate surface area is 97.9 Å². The average molecular weight is 226 g/mol. The molecule has 0 heterocycles. The largest absolute Gasteiger partial charge is 0.469 e. The predicted octanol–water partition coefficient (Wildman–Crippen LogP) is 3.04. The number of ketones is 1. The minimum Gasteiger partial charge on any atom is -0.469 e. The van der Waals surface area contributed by atoms with Gasteiger partial charge in [-0.1, -0.05) is 32.3 Å². The van der Waals surface area contributed by atoms with Gasteiger partial charge in [0, 0.05) is 12.8 Å². The van der Waals surface area contributed by atoms with Crippen molar-refractivity contribution in [2.24, 2.45) is 0 Å². The molecular formula is C13H22O3. The summed E-state index contributed by atoms with van der Waals surface area (Å²) in [4.78, 5) is 21.7. The molecule has 3 heteroatoms. The number of methoxy groups -OCH3 is 1. The summed E-state index contributed by atoms with van der Waals surface area (Å²) in [6.07, 6.45) is 8.76. The number of hydrogen-bond donors (Lipinski definition) is 0. The van der Waals surface area contributed by atoms with Crippen molar-refractivity contribution < 1.29 is 14.3 Å². The normalized spacial score (nSPS) is 9.81. The van der Waals surface area contributed by atoms with Crippen molar-refractivity contribution in [3.8, 4) is 0 Å². The van der Waals surface area contributed by atoms with E-state index in [1.54, 1.807) is 0 Å². The zero-order valence-corrected chi connectivity index (χ0v) is 10.2. The van der Waals surface area contributed by atoms with Crippen molar-refractivity contribution >= 4 is 11.8 Å². The van der Waals surface area contributed by atoms with Gasteiger partial charge in [0.25, 0.3) is 0 Å². The molecule has 0 bridgehead atoms. The molecule has 0 aliphatic carbocycles. The van der Waals surface area contributed by atoms with Crippen LogP contribution in [0.3, 0.4) is 0 Å². The zero-order valence-electron chi connectivity index (χ0n) is 10.2. The van der Waals surface area contributed by atoms with E-state index < -0.39 is 0 Å². The van der Waals surface area contributed by atoms with E-state index in [-0.39, 0.29) is 11.8 Å². The fraction of sp³-hybridized carbons (Fsp3) is 0.692. The lowest BCUT2D eigenvalue weighted by Crippen LogP contribution is -1.99. The number of rotatable bonds is 10. The first-order chi connectivity index (χ1) is 7.70. The van der Waals surface area contributed by atoms with Gasteiger partial charge >= 0.3 is 5.97 Å². The molecule has 0 rings (SSSR count). The van der Waals surface area contributed by atoms with Crippen LogP contribution < -0.4 is 0 Å². The quantitative estimate of drug-likeness (QED) is 0.327. The van der Waals surface area contributed by atoms with Crippen LogP contribution in [0.4, 0.5) is 0 Å². The second-order valence-electron chi connectivity index (χ2n) is 3.87. The van der Waals surface area contributed by atoms with Gasteiger partial charge in [0.05, 0.1) is 7.11 Å². The van der Waals surface area contributed by atoms with Gasteiger partial charge in [0.2, 0.25) is 0 Å². The summed E-state index contributed by atoms with van der Waals surface area (Å²) >= 11 is 0. The van der Waals surface area contributed by atoms with Gasteiger partial charge in [-0.15, -0.1) is 0 Å². The highest BCUT2D eigenvalue weighted by molar-refractivity contribution is 5.88. The van der Waals surface area contributed by atoms with Gasteiger partial charge in [-0.2, -0.15) is 0 Å². The van der Waals surface area contributed by atoms with Crippen LogP contribution >= 0.6 is 0 Å². The van der Waals surface area contributed by atoms with Crippen molar-refractivity contribution in [3.63, 3.8) is 0 Å². The topological polar surface area (TPSA) is 43.4 Å². The Bertz CT molecular complexity index is 221. The molecule has 0 aromatic rings. The molecule has 0 aromatic heterocycles. The molecule has 0 saturated heterocycles. The number of unbranched alkanes of at least 4 members (excludes halogenated alkanes) is 5. The maximum absolute atomic E-state index is 10.9. The number of allylic oxidation sites excluding steroid dienone is 1. The van der Waals surface area contributed by atoms with Gasteiger partial charge < -0.3 is 4.74 Å². The molecule has 3 nitrogen and oxygen atoms in total. The van der Waals surface area contributed by atoms with Crippen LogP contribution in [0, 0.1) is 0 Å². The summed E-state index contributed by atoms with van der Waals surface area (Å²) in [6, 6.07) is 0. The van der Waals surface area contributed by atoms with E-state index in [0.717, 1.165) is 38.5 Å². The van der Waals surface area contributed by atoms with E-state index in [9.17, 15) is 9.59 Å². The Balaban J connectivity index is 3.13. The maximum atomic E-state index is 10.9. The van der Waals surface area contributed by atoms with E-state index in [2.05, 4.69) is 11.3 Å². The number of carbonyl (C=O) groups excluding carboxylic acids is 2. The van der Waals surface area contributed by atoms with E-state index in [1.165, 1.54) is 13.2 Å². The lowest BCUT2D eigenvalue weighted by Gasteiger charge is -2.00. The number of hydrogen-bond acceptors (Lipinski definition) is 3. The van der Waals surface area contributed by atoms with Crippen molar-refractivity contribution in [3.05, 3.63) is 12.7 Å². The Hall–Kier alpha value is -1.12. The van der Waals surface area contributed by atoms with Crippen LogP contribution in [0.2, 0.25) is 0 Å². The third-order valence-corrected chi connectivity index (χ3v) is 2.51. The summed E-state index contributed by atoms with van der Waals surface area (Å²) in [5.74, 6) is 0.00210. The average Bonchev–Trinajstić information content (AvgIpc) is 2.31. The summed E-state index contributed by atoms with van der Waals surface area (Å²) in [5.41, 5.74) is 0. The highest BCUT2D eigenvalue weighted by Crippen LogP contribution is 2.09. The SMILES string of the molecule is C=CC(=O)CCCCCCCCC(=O)OC. The first-order valence-corrected chi connectivity index (χ1v) is 5.92. The van der Waals surface area contributed by atoms with Gasteiger partial charge in [0.1, 0.15) is 0 Å². The van der Waals surface area contributed by atoms with Crippen molar-refractivity contribution in [1.82, 2.24) is 0 Å². The summed E-state index contributed by atoms with van der Waals surface area (Å²) in [7, 11) is 1.42. The standard InChI is InChI=1S/C13H22O3/c1-3-12(14)10-8-6-4-5-7-9-11-13(15)16-2/h3H,1,4-11H2,2H3. The van der Waals surface area contributed by atoms with Crippen LogP contribution in [0.25, 0.3) is 0 Å². The molecule has 0 aliphatic rings. The molecular weight excluding hydrogens is 204 g/mol. The molecule has 16 heavy (non-hydrogen) atoms. The maximum Gasteiger partial charge on any atom is 0.305 e.